The van der Waals surface area contributed by atoms with Crippen LogP contribution in [0.25, 0.3) is 11.1 Å². The number of benzene rings is 1. The largest absolute Gasteiger partial charge is 0.348 e. The lowest BCUT2D eigenvalue weighted by molar-refractivity contribution is 0.0936. The van der Waals surface area contributed by atoms with Crippen LogP contribution in [-0.4, -0.2) is 40.1 Å². The summed E-state index contributed by atoms with van der Waals surface area (Å²) in [5, 5.41) is 7.80. The molecule has 4 rings (SSSR count). The van der Waals surface area contributed by atoms with Gasteiger partial charge in [-0.05, 0) is 31.9 Å². The fourth-order valence-electron chi connectivity index (χ4n) is 3.54. The van der Waals surface area contributed by atoms with Crippen molar-refractivity contribution < 1.29 is 9.32 Å². The zero-order valence-electron chi connectivity index (χ0n) is 15.0. The third-order valence-electron chi connectivity index (χ3n) is 5.16. The zero-order valence-corrected chi connectivity index (χ0v) is 15.0. The Bertz CT molecular complexity index is 922. The van der Waals surface area contributed by atoms with Gasteiger partial charge in [-0.1, -0.05) is 35.5 Å². The molecule has 1 aliphatic heterocycles. The summed E-state index contributed by atoms with van der Waals surface area (Å²) >= 11 is 0. The topological polar surface area (TPSA) is 71.3 Å². The lowest BCUT2D eigenvalue weighted by Crippen LogP contribution is -2.37. The third-order valence-corrected chi connectivity index (χ3v) is 5.16. The number of hydrogen-bond donors (Lipinski definition) is 1. The Hall–Kier alpha value is -2.73. The molecule has 6 nitrogen and oxygen atoms in total. The van der Waals surface area contributed by atoms with Crippen LogP contribution >= 0.6 is 0 Å². The number of pyridine rings is 1. The van der Waals surface area contributed by atoms with Crippen molar-refractivity contribution in [2.45, 2.75) is 32.4 Å². The first-order valence-corrected chi connectivity index (χ1v) is 8.93. The van der Waals surface area contributed by atoms with Crippen molar-refractivity contribution in [3.63, 3.8) is 0 Å². The summed E-state index contributed by atoms with van der Waals surface area (Å²) in [5.41, 5.74) is 3.05. The average molecular weight is 350 g/mol. The number of amides is 1. The highest BCUT2D eigenvalue weighted by Crippen LogP contribution is 2.24. The molecule has 3 aromatic rings. The molecular weight excluding hydrogens is 328 g/mol. The Labute approximate surface area is 152 Å². The van der Waals surface area contributed by atoms with Crippen LogP contribution in [0.3, 0.4) is 0 Å². The second-order valence-corrected chi connectivity index (χ2v) is 6.89. The maximum atomic E-state index is 12.6. The minimum atomic E-state index is -0.0979. The smallest absolute Gasteiger partial charge is 0.257 e. The Morgan fingerprint density at radius 1 is 1.35 bits per heavy atom. The van der Waals surface area contributed by atoms with Gasteiger partial charge in [0.15, 0.2) is 0 Å². The van der Waals surface area contributed by atoms with Crippen LogP contribution in [0.2, 0.25) is 0 Å². The highest BCUT2D eigenvalue weighted by atomic mass is 16.5. The lowest BCUT2D eigenvalue weighted by atomic mass is 10.1. The van der Waals surface area contributed by atoms with Gasteiger partial charge >= 0.3 is 0 Å². The van der Waals surface area contributed by atoms with Crippen LogP contribution < -0.4 is 5.32 Å². The first-order chi connectivity index (χ1) is 12.6. The van der Waals surface area contributed by atoms with E-state index >= 15 is 0 Å². The number of aryl methyl sites for hydroxylation is 1. The van der Waals surface area contributed by atoms with E-state index < -0.39 is 0 Å². The molecule has 0 bridgehead atoms. The number of aromatic nitrogens is 2. The number of rotatable bonds is 4. The van der Waals surface area contributed by atoms with Gasteiger partial charge in [-0.2, -0.15) is 0 Å². The number of nitrogens with one attached hydrogen (secondary N) is 1. The molecule has 1 amide bonds. The highest BCUT2D eigenvalue weighted by Gasteiger charge is 2.28. The molecule has 0 aliphatic carbocycles. The molecule has 0 spiro atoms. The first-order valence-electron chi connectivity index (χ1n) is 8.93. The standard InChI is InChI=1S/C20H22N4O2/c1-13-18-10-16(11-21-20(18)26-23-13)19(25)22-17-8-9-24(12-17)14(2)15-6-4-3-5-7-15/h3-7,10-11,14,17H,8-9,12H2,1-2H3,(H,22,25)/t14-,17-/m1/s1. The summed E-state index contributed by atoms with van der Waals surface area (Å²) in [6, 6.07) is 12.8. The summed E-state index contributed by atoms with van der Waals surface area (Å²) in [5.74, 6) is -0.0979. The van der Waals surface area contributed by atoms with Gasteiger partial charge in [0.05, 0.1) is 16.6 Å². The number of carbonyl (C=O) groups is 1. The van der Waals surface area contributed by atoms with E-state index in [4.69, 9.17) is 4.52 Å². The summed E-state index contributed by atoms with van der Waals surface area (Å²) in [6.07, 6.45) is 2.49. The van der Waals surface area contributed by atoms with E-state index in [0.29, 0.717) is 17.3 Å². The molecule has 134 valence electrons. The molecule has 0 radical (unpaired) electrons. The predicted octanol–water partition coefficient (Wildman–Crippen LogP) is 3.10. The minimum absolute atomic E-state index is 0.0979. The Balaban J connectivity index is 1.41. The van der Waals surface area contributed by atoms with Gasteiger partial charge in [-0.25, -0.2) is 4.98 Å². The molecule has 0 saturated carbocycles. The van der Waals surface area contributed by atoms with Crippen LogP contribution in [-0.2, 0) is 0 Å². The molecule has 1 saturated heterocycles. The number of nitrogens with zero attached hydrogens (tertiary/aromatic N) is 3. The van der Waals surface area contributed by atoms with Gasteiger partial charge in [0, 0.05) is 31.4 Å². The molecule has 6 heteroatoms. The van der Waals surface area contributed by atoms with Gasteiger partial charge in [0.25, 0.3) is 11.6 Å². The molecule has 1 N–H and O–H groups in total. The van der Waals surface area contributed by atoms with Crippen molar-refractivity contribution in [3.05, 3.63) is 59.4 Å². The summed E-state index contributed by atoms with van der Waals surface area (Å²) < 4.78 is 5.10. The number of fused-ring (bicyclic) bond motifs is 1. The Morgan fingerprint density at radius 3 is 2.96 bits per heavy atom. The Kier molecular flexibility index (Phi) is 4.42. The fourth-order valence-corrected chi connectivity index (χ4v) is 3.54. The van der Waals surface area contributed by atoms with Gasteiger partial charge in [0.2, 0.25) is 0 Å². The maximum Gasteiger partial charge on any atom is 0.257 e. The van der Waals surface area contributed by atoms with E-state index in [2.05, 4.69) is 51.5 Å². The number of likely N-dealkylation sites (tertiary alicyclic amines) is 1. The highest BCUT2D eigenvalue weighted by molar-refractivity contribution is 5.97. The normalized spacial score (nSPS) is 18.9. The van der Waals surface area contributed by atoms with Gasteiger partial charge < -0.3 is 9.84 Å². The number of hydrogen-bond acceptors (Lipinski definition) is 5. The van der Waals surface area contributed by atoms with Crippen molar-refractivity contribution in [1.29, 1.82) is 0 Å². The van der Waals surface area contributed by atoms with E-state index in [1.165, 1.54) is 5.56 Å². The average Bonchev–Trinajstić information content (AvgIpc) is 3.28. The summed E-state index contributed by atoms with van der Waals surface area (Å²) in [4.78, 5) is 19.2. The van der Waals surface area contributed by atoms with Crippen molar-refractivity contribution in [2.75, 3.05) is 13.1 Å². The monoisotopic (exact) mass is 350 g/mol. The molecule has 26 heavy (non-hydrogen) atoms. The SMILES string of the molecule is Cc1noc2ncc(C(=O)N[C@@H]3CCN([C@H](C)c4ccccc4)C3)cc12. The van der Waals surface area contributed by atoms with Crippen LogP contribution in [0.1, 0.15) is 41.0 Å². The molecular formula is C20H22N4O2. The molecule has 0 unspecified atom stereocenters. The predicted molar refractivity (Wildman–Crippen MR) is 98.8 cm³/mol. The van der Waals surface area contributed by atoms with E-state index in [1.807, 2.05) is 13.0 Å². The summed E-state index contributed by atoms with van der Waals surface area (Å²) in [7, 11) is 0. The lowest BCUT2D eigenvalue weighted by Gasteiger charge is -2.24. The number of carbonyl (C=O) groups excluding carboxylic acids is 1. The third kappa shape index (κ3) is 3.20. The molecule has 1 aromatic carbocycles. The van der Waals surface area contributed by atoms with Gasteiger partial charge in [-0.15, -0.1) is 0 Å². The fraction of sp³-hybridized carbons (Fsp3) is 0.350. The molecule has 2 atom stereocenters. The minimum Gasteiger partial charge on any atom is -0.348 e. The van der Waals surface area contributed by atoms with Crippen molar-refractivity contribution in [1.82, 2.24) is 20.4 Å². The second kappa shape index (κ2) is 6.88. The molecule has 3 heterocycles. The Morgan fingerprint density at radius 2 is 2.15 bits per heavy atom. The van der Waals surface area contributed by atoms with Crippen LogP contribution in [0, 0.1) is 6.92 Å². The van der Waals surface area contributed by atoms with Crippen molar-refractivity contribution in [3.8, 4) is 0 Å². The van der Waals surface area contributed by atoms with Gasteiger partial charge in [0.1, 0.15) is 0 Å². The first kappa shape index (κ1) is 16.7. The zero-order chi connectivity index (χ0) is 18.1. The van der Waals surface area contributed by atoms with Crippen LogP contribution in [0.4, 0.5) is 0 Å². The molecule has 1 aliphatic rings. The van der Waals surface area contributed by atoms with E-state index in [9.17, 15) is 4.79 Å². The van der Waals surface area contributed by atoms with Crippen LogP contribution in [0.5, 0.6) is 0 Å². The van der Waals surface area contributed by atoms with E-state index in [0.717, 1.165) is 30.6 Å². The van der Waals surface area contributed by atoms with E-state index in [1.54, 1.807) is 12.3 Å². The summed E-state index contributed by atoms with van der Waals surface area (Å²) in [6.45, 7) is 5.88. The van der Waals surface area contributed by atoms with Crippen molar-refractivity contribution in [2.24, 2.45) is 0 Å². The van der Waals surface area contributed by atoms with Gasteiger partial charge in [-0.3, -0.25) is 9.69 Å². The quantitative estimate of drug-likeness (QED) is 0.783. The van der Waals surface area contributed by atoms with E-state index in [-0.39, 0.29) is 11.9 Å². The van der Waals surface area contributed by atoms with Crippen molar-refractivity contribution >= 4 is 17.0 Å². The molecule has 1 fully saturated rings. The molecule has 2 aromatic heterocycles. The van der Waals surface area contributed by atoms with Crippen LogP contribution in [0.15, 0.2) is 47.1 Å². The maximum absolute atomic E-state index is 12.6. The second-order valence-electron chi connectivity index (χ2n) is 6.89.